The first kappa shape index (κ1) is 14.5. The number of carbonyl (C=O) groups excluding carboxylic acids is 1. The molecule has 0 aliphatic carbocycles. The van der Waals surface area contributed by atoms with Crippen LogP contribution in [0.1, 0.15) is 25.7 Å². The molecule has 2 heterocycles. The molecule has 4 N–H and O–H groups in total. The van der Waals surface area contributed by atoms with Gasteiger partial charge in [-0.05, 0) is 38.5 Å². The van der Waals surface area contributed by atoms with Gasteiger partial charge in [-0.25, -0.2) is 0 Å². The Hall–Kier alpha value is -0.950. The molecule has 2 saturated heterocycles. The number of nitrogens with zero attached hydrogens (tertiary/aromatic N) is 2. The van der Waals surface area contributed by atoms with E-state index < -0.39 is 5.54 Å². The van der Waals surface area contributed by atoms with Gasteiger partial charge in [0.15, 0.2) is 5.84 Å². The number of thioether (sulfide) groups is 1. The molecule has 2 aliphatic heterocycles. The second-order valence-electron chi connectivity index (χ2n) is 5.36. The van der Waals surface area contributed by atoms with Gasteiger partial charge in [0.2, 0.25) is 5.91 Å². The molecular formula is C12H22N4O2S. The number of nitrogens with two attached hydrogens (primary N) is 1. The monoisotopic (exact) mass is 286 g/mol. The molecule has 2 aliphatic rings. The third kappa shape index (κ3) is 3.14. The van der Waals surface area contributed by atoms with E-state index in [1.165, 1.54) is 0 Å². The van der Waals surface area contributed by atoms with Crippen molar-refractivity contribution in [1.29, 1.82) is 0 Å². The molecule has 0 spiro atoms. The SMILES string of the molecule is CN1CCC(NC(=O)C2CCCS2)(C(N)=NO)CC1. The lowest BCUT2D eigenvalue weighted by Gasteiger charge is -2.40. The number of amidine groups is 1. The number of piperidine rings is 1. The van der Waals surface area contributed by atoms with Crippen LogP contribution >= 0.6 is 11.8 Å². The Balaban J connectivity index is 2.07. The van der Waals surface area contributed by atoms with Gasteiger partial charge in [-0.15, -0.1) is 11.8 Å². The van der Waals surface area contributed by atoms with E-state index in [0.717, 1.165) is 31.7 Å². The molecule has 2 fully saturated rings. The van der Waals surface area contributed by atoms with Crippen LogP contribution in [0.4, 0.5) is 0 Å². The Morgan fingerprint density at radius 3 is 2.74 bits per heavy atom. The van der Waals surface area contributed by atoms with Crippen molar-refractivity contribution < 1.29 is 10.0 Å². The average molecular weight is 286 g/mol. The summed E-state index contributed by atoms with van der Waals surface area (Å²) in [5.41, 5.74) is 5.16. The van der Waals surface area contributed by atoms with Gasteiger partial charge >= 0.3 is 0 Å². The third-order valence-corrected chi connectivity index (χ3v) is 5.40. The highest BCUT2D eigenvalue weighted by Crippen LogP contribution is 2.28. The topological polar surface area (TPSA) is 91.0 Å². The van der Waals surface area contributed by atoms with Gasteiger partial charge in [0.25, 0.3) is 0 Å². The van der Waals surface area contributed by atoms with Crippen molar-refractivity contribution in [3.8, 4) is 0 Å². The van der Waals surface area contributed by atoms with E-state index in [1.807, 2.05) is 7.05 Å². The fourth-order valence-corrected chi connectivity index (χ4v) is 3.80. The van der Waals surface area contributed by atoms with Crippen LogP contribution in [0, 0.1) is 0 Å². The van der Waals surface area contributed by atoms with Crippen molar-refractivity contribution in [2.24, 2.45) is 10.9 Å². The Labute approximate surface area is 117 Å². The van der Waals surface area contributed by atoms with Crippen molar-refractivity contribution in [3.05, 3.63) is 0 Å². The highest BCUT2D eigenvalue weighted by molar-refractivity contribution is 8.00. The number of rotatable bonds is 3. The predicted octanol–water partition coefficient (Wildman–Crippen LogP) is 0.209. The molecule has 0 saturated carbocycles. The van der Waals surface area contributed by atoms with E-state index in [0.29, 0.717) is 12.8 Å². The average Bonchev–Trinajstić information content (AvgIpc) is 2.95. The first-order valence-corrected chi connectivity index (χ1v) is 7.72. The van der Waals surface area contributed by atoms with Crippen molar-refractivity contribution in [2.45, 2.75) is 36.5 Å². The zero-order valence-corrected chi connectivity index (χ0v) is 12.1. The highest BCUT2D eigenvalue weighted by Gasteiger charge is 2.41. The minimum Gasteiger partial charge on any atom is -0.409 e. The first-order valence-electron chi connectivity index (χ1n) is 6.67. The number of oxime groups is 1. The van der Waals surface area contributed by atoms with E-state index in [1.54, 1.807) is 11.8 Å². The third-order valence-electron chi connectivity index (χ3n) is 4.02. The van der Waals surface area contributed by atoms with Crippen LogP contribution in [0.25, 0.3) is 0 Å². The summed E-state index contributed by atoms with van der Waals surface area (Å²) in [6, 6.07) is 0. The van der Waals surface area contributed by atoms with Gasteiger partial charge in [-0.2, -0.15) is 0 Å². The molecular weight excluding hydrogens is 264 g/mol. The molecule has 1 unspecified atom stereocenters. The molecule has 0 aromatic heterocycles. The number of hydrogen-bond donors (Lipinski definition) is 3. The summed E-state index contributed by atoms with van der Waals surface area (Å²) in [5, 5.41) is 15.2. The van der Waals surface area contributed by atoms with Crippen molar-refractivity contribution in [1.82, 2.24) is 10.2 Å². The molecule has 2 rings (SSSR count). The lowest BCUT2D eigenvalue weighted by Crippen LogP contribution is -2.63. The minimum atomic E-state index is -0.679. The highest BCUT2D eigenvalue weighted by atomic mass is 32.2. The van der Waals surface area contributed by atoms with Crippen LogP contribution in [0.3, 0.4) is 0 Å². The van der Waals surface area contributed by atoms with Crippen molar-refractivity contribution >= 4 is 23.5 Å². The molecule has 0 bridgehead atoms. The minimum absolute atomic E-state index is 0.0167. The van der Waals surface area contributed by atoms with Gasteiger partial charge in [0, 0.05) is 13.1 Å². The summed E-state index contributed by atoms with van der Waals surface area (Å²) in [7, 11) is 2.03. The molecule has 7 heteroatoms. The molecule has 1 atom stereocenters. The van der Waals surface area contributed by atoms with Gasteiger partial charge in [0.05, 0.1) is 5.25 Å². The second-order valence-corrected chi connectivity index (χ2v) is 6.67. The first-order chi connectivity index (χ1) is 9.07. The maximum atomic E-state index is 12.3. The Morgan fingerprint density at radius 1 is 1.53 bits per heavy atom. The van der Waals surface area contributed by atoms with Crippen molar-refractivity contribution in [3.63, 3.8) is 0 Å². The van der Waals surface area contributed by atoms with Gasteiger partial charge in [-0.1, -0.05) is 5.16 Å². The summed E-state index contributed by atoms with van der Waals surface area (Å²) in [4.78, 5) is 14.5. The standard InChI is InChI=1S/C12H22N4O2S/c1-16-6-4-12(5-7-16,11(13)15-18)14-10(17)9-3-2-8-19-9/h9,18H,2-8H2,1H3,(H2,13,15)(H,14,17). The van der Waals surface area contributed by atoms with Crippen molar-refractivity contribution in [2.75, 3.05) is 25.9 Å². The van der Waals surface area contributed by atoms with Crippen LogP contribution in [0.2, 0.25) is 0 Å². The van der Waals surface area contributed by atoms with Crippen LogP contribution < -0.4 is 11.1 Å². The Bertz CT molecular complexity index is 361. The molecule has 19 heavy (non-hydrogen) atoms. The van der Waals surface area contributed by atoms with Crippen LogP contribution in [-0.4, -0.2) is 58.5 Å². The number of carbonyl (C=O) groups is 1. The summed E-state index contributed by atoms with van der Waals surface area (Å²) < 4.78 is 0. The van der Waals surface area contributed by atoms with E-state index in [4.69, 9.17) is 10.9 Å². The molecule has 0 aromatic rings. The summed E-state index contributed by atoms with van der Waals surface area (Å²) >= 11 is 1.69. The summed E-state index contributed by atoms with van der Waals surface area (Å²) in [5.74, 6) is 1.19. The summed E-state index contributed by atoms with van der Waals surface area (Å²) in [6.45, 7) is 1.66. The number of amides is 1. The maximum Gasteiger partial charge on any atom is 0.233 e. The lowest BCUT2D eigenvalue weighted by molar-refractivity contribution is -0.122. The van der Waals surface area contributed by atoms with Gasteiger partial charge < -0.3 is 21.2 Å². The van der Waals surface area contributed by atoms with E-state index >= 15 is 0 Å². The van der Waals surface area contributed by atoms with Gasteiger partial charge in [-0.3, -0.25) is 4.79 Å². The largest absolute Gasteiger partial charge is 0.409 e. The molecule has 6 nitrogen and oxygen atoms in total. The predicted molar refractivity (Wildman–Crippen MR) is 76.5 cm³/mol. The maximum absolute atomic E-state index is 12.3. The second kappa shape index (κ2) is 6.00. The zero-order valence-electron chi connectivity index (χ0n) is 11.3. The molecule has 1 amide bonds. The zero-order chi connectivity index (χ0) is 13.9. The normalized spacial score (nSPS) is 28.3. The van der Waals surface area contributed by atoms with Crippen LogP contribution in [-0.2, 0) is 4.79 Å². The van der Waals surface area contributed by atoms with E-state index in [-0.39, 0.29) is 17.0 Å². The van der Waals surface area contributed by atoms with E-state index in [2.05, 4.69) is 15.4 Å². The van der Waals surface area contributed by atoms with Gasteiger partial charge in [0.1, 0.15) is 5.54 Å². The molecule has 108 valence electrons. The summed E-state index contributed by atoms with van der Waals surface area (Å²) in [6.07, 6.45) is 3.37. The lowest BCUT2D eigenvalue weighted by atomic mass is 9.86. The molecule has 0 aromatic carbocycles. The number of nitrogens with one attached hydrogen (secondary N) is 1. The fourth-order valence-electron chi connectivity index (χ4n) is 2.64. The fraction of sp³-hybridized carbons (Fsp3) is 0.833. The quantitative estimate of drug-likeness (QED) is 0.298. The Morgan fingerprint density at radius 2 is 2.21 bits per heavy atom. The molecule has 0 radical (unpaired) electrons. The van der Waals surface area contributed by atoms with Crippen LogP contribution in [0.5, 0.6) is 0 Å². The smallest absolute Gasteiger partial charge is 0.233 e. The number of likely N-dealkylation sites (tertiary alicyclic amines) is 1. The van der Waals surface area contributed by atoms with E-state index in [9.17, 15) is 4.79 Å². The number of hydrogen-bond acceptors (Lipinski definition) is 5. The Kier molecular flexibility index (Phi) is 4.57. The van der Waals surface area contributed by atoms with Crippen LogP contribution in [0.15, 0.2) is 5.16 Å².